The van der Waals surface area contributed by atoms with Crippen LogP contribution in [0, 0.1) is 0 Å². The summed E-state index contributed by atoms with van der Waals surface area (Å²) in [5.41, 5.74) is 3.88. The first kappa shape index (κ1) is 23.6. The number of aliphatic hydroxyl groups is 1. The SMILES string of the molecule is C=C1C=CC=CC1=Nc1ccccc1CNCCNCC(O)COc1cccc2ccccc12. The van der Waals surface area contributed by atoms with Crippen LogP contribution in [-0.2, 0) is 6.54 Å². The van der Waals surface area contributed by atoms with Crippen LogP contribution in [0.15, 0.2) is 108 Å². The van der Waals surface area contributed by atoms with Crippen molar-refractivity contribution in [2.45, 2.75) is 12.6 Å². The predicted molar refractivity (Wildman–Crippen MR) is 141 cm³/mol. The molecule has 3 aromatic rings. The number of nitrogens with zero attached hydrogens (tertiary/aromatic N) is 1. The Morgan fingerprint density at radius 3 is 2.56 bits per heavy atom. The van der Waals surface area contributed by atoms with Gasteiger partial charge in [0.2, 0.25) is 0 Å². The summed E-state index contributed by atoms with van der Waals surface area (Å²) in [7, 11) is 0. The molecule has 0 bridgehead atoms. The number of aliphatic imine (C=N–C) groups is 1. The molecule has 5 nitrogen and oxygen atoms in total. The fourth-order valence-corrected chi connectivity index (χ4v) is 3.75. The second kappa shape index (κ2) is 12.1. The minimum absolute atomic E-state index is 0.247. The van der Waals surface area contributed by atoms with Gasteiger partial charge in [-0.3, -0.25) is 0 Å². The van der Waals surface area contributed by atoms with Gasteiger partial charge >= 0.3 is 0 Å². The number of rotatable bonds is 11. The Morgan fingerprint density at radius 1 is 0.882 bits per heavy atom. The highest BCUT2D eigenvalue weighted by Gasteiger charge is 2.08. The molecule has 4 rings (SSSR count). The molecule has 1 aliphatic rings. The lowest BCUT2D eigenvalue weighted by molar-refractivity contribution is 0.107. The monoisotopic (exact) mass is 453 g/mol. The van der Waals surface area contributed by atoms with E-state index in [1.54, 1.807) is 0 Å². The van der Waals surface area contributed by atoms with Crippen LogP contribution in [0.5, 0.6) is 5.75 Å². The van der Waals surface area contributed by atoms with Crippen molar-refractivity contribution >= 4 is 22.2 Å². The summed E-state index contributed by atoms with van der Waals surface area (Å²) in [4.78, 5) is 4.78. The van der Waals surface area contributed by atoms with Gasteiger partial charge in [0.05, 0.1) is 11.4 Å². The molecule has 3 aromatic carbocycles. The fraction of sp³-hybridized carbons (Fsp3) is 0.207. The molecular weight excluding hydrogens is 422 g/mol. The molecule has 5 heteroatoms. The zero-order valence-electron chi connectivity index (χ0n) is 19.3. The van der Waals surface area contributed by atoms with Crippen LogP contribution >= 0.6 is 0 Å². The van der Waals surface area contributed by atoms with Crippen molar-refractivity contribution in [3.8, 4) is 5.75 Å². The van der Waals surface area contributed by atoms with Crippen molar-refractivity contribution in [1.29, 1.82) is 0 Å². The van der Waals surface area contributed by atoms with Crippen LogP contribution < -0.4 is 15.4 Å². The number of hydrogen-bond acceptors (Lipinski definition) is 5. The first-order valence-corrected chi connectivity index (χ1v) is 11.6. The Kier molecular flexibility index (Phi) is 8.41. The number of fused-ring (bicyclic) bond motifs is 1. The quantitative estimate of drug-likeness (QED) is 0.368. The molecule has 1 unspecified atom stereocenters. The van der Waals surface area contributed by atoms with E-state index in [2.05, 4.69) is 35.4 Å². The number of nitrogens with one attached hydrogen (secondary N) is 2. The van der Waals surface area contributed by atoms with Crippen LogP contribution in [-0.4, -0.2) is 43.2 Å². The Bertz CT molecular complexity index is 1210. The summed E-state index contributed by atoms with van der Waals surface area (Å²) in [5, 5.41) is 19.2. The van der Waals surface area contributed by atoms with Gasteiger partial charge in [0, 0.05) is 31.6 Å². The number of para-hydroxylation sites is 1. The van der Waals surface area contributed by atoms with Crippen LogP contribution in [0.4, 0.5) is 5.69 Å². The lowest BCUT2D eigenvalue weighted by Gasteiger charge is -2.15. The van der Waals surface area contributed by atoms with E-state index >= 15 is 0 Å². The minimum atomic E-state index is -0.582. The summed E-state index contributed by atoms with van der Waals surface area (Å²) in [6.07, 6.45) is 7.30. The molecule has 0 aliphatic heterocycles. The zero-order chi connectivity index (χ0) is 23.6. The summed E-state index contributed by atoms with van der Waals surface area (Å²) >= 11 is 0. The Balaban J connectivity index is 1.17. The predicted octanol–water partition coefficient (Wildman–Crippen LogP) is 4.71. The molecule has 0 amide bonds. The zero-order valence-corrected chi connectivity index (χ0v) is 19.3. The number of ether oxygens (including phenoxy) is 1. The van der Waals surface area contributed by atoms with E-state index in [-0.39, 0.29) is 6.61 Å². The average molecular weight is 454 g/mol. The Morgan fingerprint density at radius 2 is 1.65 bits per heavy atom. The highest BCUT2D eigenvalue weighted by molar-refractivity contribution is 6.12. The third-order valence-corrected chi connectivity index (χ3v) is 5.58. The molecule has 34 heavy (non-hydrogen) atoms. The Hall–Kier alpha value is -3.51. The van der Waals surface area contributed by atoms with Crippen LogP contribution in [0.2, 0.25) is 0 Å². The summed E-state index contributed by atoms with van der Waals surface area (Å²) in [6.45, 7) is 7.00. The van der Waals surface area contributed by atoms with E-state index in [0.29, 0.717) is 13.1 Å². The molecule has 0 saturated heterocycles. The highest BCUT2D eigenvalue weighted by atomic mass is 16.5. The van der Waals surface area contributed by atoms with Crippen molar-refractivity contribution < 1.29 is 9.84 Å². The second-order valence-corrected chi connectivity index (χ2v) is 8.19. The van der Waals surface area contributed by atoms with E-state index in [1.165, 1.54) is 0 Å². The first-order valence-electron chi connectivity index (χ1n) is 11.6. The van der Waals surface area contributed by atoms with Crippen molar-refractivity contribution in [3.63, 3.8) is 0 Å². The lowest BCUT2D eigenvalue weighted by Crippen LogP contribution is -2.35. The van der Waals surface area contributed by atoms with E-state index in [4.69, 9.17) is 9.73 Å². The first-order chi connectivity index (χ1) is 16.7. The second-order valence-electron chi connectivity index (χ2n) is 8.19. The lowest BCUT2D eigenvalue weighted by atomic mass is 10.1. The molecule has 1 aliphatic carbocycles. The van der Waals surface area contributed by atoms with Gasteiger partial charge in [-0.05, 0) is 34.7 Å². The topological polar surface area (TPSA) is 65.9 Å². The van der Waals surface area contributed by atoms with Gasteiger partial charge in [-0.15, -0.1) is 0 Å². The van der Waals surface area contributed by atoms with E-state index in [1.807, 2.05) is 72.8 Å². The van der Waals surface area contributed by atoms with Crippen LogP contribution in [0.1, 0.15) is 5.56 Å². The molecule has 0 radical (unpaired) electrons. The molecule has 0 spiro atoms. The van der Waals surface area contributed by atoms with Crippen molar-refractivity contribution in [1.82, 2.24) is 10.6 Å². The summed E-state index contributed by atoms with van der Waals surface area (Å²) in [5.74, 6) is 0.796. The molecule has 174 valence electrons. The van der Waals surface area contributed by atoms with E-state index < -0.39 is 6.10 Å². The molecular formula is C29H31N3O2. The van der Waals surface area contributed by atoms with Gasteiger partial charge in [-0.25, -0.2) is 4.99 Å². The molecule has 0 aromatic heterocycles. The van der Waals surface area contributed by atoms with Gasteiger partial charge < -0.3 is 20.5 Å². The maximum Gasteiger partial charge on any atom is 0.127 e. The normalized spacial score (nSPS) is 15.2. The minimum Gasteiger partial charge on any atom is -0.490 e. The summed E-state index contributed by atoms with van der Waals surface area (Å²) < 4.78 is 5.87. The third-order valence-electron chi connectivity index (χ3n) is 5.58. The van der Waals surface area contributed by atoms with E-state index in [9.17, 15) is 5.11 Å². The highest BCUT2D eigenvalue weighted by Crippen LogP contribution is 2.25. The molecule has 0 saturated carbocycles. The standard InChI is InChI=1S/C29H31N3O2/c1-22-9-2-6-14-27(22)32-28-15-7-4-11-24(28)19-30-17-18-31-20-25(33)21-34-29-16-8-12-23-10-3-5-13-26(23)29/h2-16,25,30-31,33H,1,17-21H2. The van der Waals surface area contributed by atoms with Crippen molar-refractivity contribution in [3.05, 3.63) is 109 Å². The smallest absolute Gasteiger partial charge is 0.127 e. The number of benzene rings is 3. The average Bonchev–Trinajstić information content (AvgIpc) is 2.87. The van der Waals surface area contributed by atoms with Gasteiger partial charge in [-0.2, -0.15) is 0 Å². The van der Waals surface area contributed by atoms with Gasteiger partial charge in [0.1, 0.15) is 18.5 Å². The fourth-order valence-electron chi connectivity index (χ4n) is 3.75. The van der Waals surface area contributed by atoms with Crippen LogP contribution in [0.3, 0.4) is 0 Å². The molecule has 1 atom stereocenters. The largest absolute Gasteiger partial charge is 0.490 e. The number of allylic oxidation sites excluding steroid dienone is 5. The van der Waals surface area contributed by atoms with Gasteiger partial charge in [0.15, 0.2) is 0 Å². The van der Waals surface area contributed by atoms with Crippen LogP contribution in [0.25, 0.3) is 10.8 Å². The molecule has 3 N–H and O–H groups in total. The number of hydrogen-bond donors (Lipinski definition) is 3. The third kappa shape index (κ3) is 6.51. The summed E-state index contributed by atoms with van der Waals surface area (Å²) in [6, 6.07) is 22.2. The maximum atomic E-state index is 10.3. The van der Waals surface area contributed by atoms with E-state index in [0.717, 1.165) is 52.1 Å². The Labute approximate surface area is 201 Å². The van der Waals surface area contributed by atoms with Gasteiger partial charge in [-0.1, -0.05) is 79.4 Å². The maximum absolute atomic E-state index is 10.3. The molecule has 0 heterocycles. The number of aliphatic hydroxyl groups excluding tert-OH is 1. The van der Waals surface area contributed by atoms with Crippen molar-refractivity contribution in [2.24, 2.45) is 4.99 Å². The van der Waals surface area contributed by atoms with Gasteiger partial charge in [0.25, 0.3) is 0 Å². The molecule has 0 fully saturated rings. The van der Waals surface area contributed by atoms with Crippen molar-refractivity contribution in [2.75, 3.05) is 26.2 Å².